The van der Waals surface area contributed by atoms with Crippen LogP contribution in [0.1, 0.15) is 37.3 Å². The molecule has 1 heterocycles. The fraction of sp³-hybridized carbons (Fsp3) is 0.353. The van der Waals surface area contributed by atoms with Gasteiger partial charge in [0.1, 0.15) is 10.8 Å². The molecule has 0 aliphatic rings. The number of carbonyl (C=O) groups is 1. The van der Waals surface area contributed by atoms with Gasteiger partial charge in [0.05, 0.1) is 6.61 Å². The van der Waals surface area contributed by atoms with E-state index >= 15 is 0 Å². The fourth-order valence-electron chi connectivity index (χ4n) is 1.89. The van der Waals surface area contributed by atoms with Crippen molar-refractivity contribution in [1.82, 2.24) is 10.2 Å². The van der Waals surface area contributed by atoms with E-state index in [0.717, 1.165) is 35.6 Å². The number of benzene rings is 1. The second-order valence-corrected chi connectivity index (χ2v) is 5.99. The number of amides is 1. The molecule has 0 spiro atoms. The molecule has 1 N–H and O–H groups in total. The van der Waals surface area contributed by atoms with Crippen LogP contribution in [0, 0.1) is 0 Å². The van der Waals surface area contributed by atoms with Gasteiger partial charge in [-0.15, -0.1) is 10.2 Å². The smallest absolute Gasteiger partial charge is 0.250 e. The highest BCUT2D eigenvalue weighted by Gasteiger charge is 2.05. The molecule has 0 aliphatic carbocycles. The summed E-state index contributed by atoms with van der Waals surface area (Å²) in [5.74, 6) is 0.611. The zero-order valence-electron chi connectivity index (χ0n) is 13.4. The van der Waals surface area contributed by atoms with Gasteiger partial charge in [0.15, 0.2) is 0 Å². The lowest BCUT2D eigenvalue weighted by Gasteiger charge is -2.02. The third-order valence-electron chi connectivity index (χ3n) is 3.06. The van der Waals surface area contributed by atoms with Gasteiger partial charge in [-0.3, -0.25) is 10.1 Å². The van der Waals surface area contributed by atoms with E-state index in [-0.39, 0.29) is 5.91 Å². The molecule has 0 atom stereocenters. The van der Waals surface area contributed by atoms with Crippen LogP contribution in [0.3, 0.4) is 0 Å². The standard InChI is InChI=1S/C17H21N3O2S/c1-3-5-6-16-19-20-17(23-16)18-15(21)12-9-13-7-10-14(11-8-13)22-4-2/h7-12H,3-6H2,1-2H3,(H,18,20,21)/b12-9+. The minimum atomic E-state index is -0.211. The first-order valence-corrected chi connectivity index (χ1v) is 8.57. The van der Waals surface area contributed by atoms with Crippen LogP contribution in [0.2, 0.25) is 0 Å². The van der Waals surface area contributed by atoms with Crippen molar-refractivity contribution >= 4 is 28.5 Å². The maximum atomic E-state index is 11.9. The second kappa shape index (κ2) is 9.05. The molecule has 0 saturated carbocycles. The Hall–Kier alpha value is -2.21. The number of aryl methyl sites for hydroxylation is 1. The van der Waals surface area contributed by atoms with Gasteiger partial charge in [-0.2, -0.15) is 0 Å². The minimum Gasteiger partial charge on any atom is -0.494 e. The van der Waals surface area contributed by atoms with Gasteiger partial charge in [0.2, 0.25) is 11.0 Å². The highest BCUT2D eigenvalue weighted by molar-refractivity contribution is 7.15. The van der Waals surface area contributed by atoms with Crippen LogP contribution >= 0.6 is 11.3 Å². The van der Waals surface area contributed by atoms with Crippen LogP contribution in [-0.2, 0) is 11.2 Å². The second-order valence-electron chi connectivity index (χ2n) is 4.93. The Morgan fingerprint density at radius 2 is 2.04 bits per heavy atom. The molecule has 1 amide bonds. The van der Waals surface area contributed by atoms with Crippen LogP contribution in [0.4, 0.5) is 5.13 Å². The molecule has 0 unspecified atom stereocenters. The van der Waals surface area contributed by atoms with Crippen LogP contribution in [0.5, 0.6) is 5.75 Å². The number of nitrogens with one attached hydrogen (secondary N) is 1. The Labute approximate surface area is 140 Å². The van der Waals surface area contributed by atoms with Crippen molar-refractivity contribution in [1.29, 1.82) is 0 Å². The van der Waals surface area contributed by atoms with Gasteiger partial charge in [-0.1, -0.05) is 36.8 Å². The largest absolute Gasteiger partial charge is 0.494 e. The normalized spacial score (nSPS) is 10.9. The molecule has 0 aliphatic heterocycles. The monoisotopic (exact) mass is 331 g/mol. The lowest BCUT2D eigenvalue weighted by atomic mass is 10.2. The zero-order valence-corrected chi connectivity index (χ0v) is 14.2. The average Bonchev–Trinajstić information content (AvgIpc) is 3.00. The van der Waals surface area contributed by atoms with Crippen molar-refractivity contribution < 1.29 is 9.53 Å². The lowest BCUT2D eigenvalue weighted by molar-refractivity contribution is -0.111. The minimum absolute atomic E-state index is 0.211. The molecule has 2 rings (SSSR count). The maximum absolute atomic E-state index is 11.9. The summed E-state index contributed by atoms with van der Waals surface area (Å²) < 4.78 is 5.38. The van der Waals surface area contributed by atoms with E-state index < -0.39 is 0 Å². The summed E-state index contributed by atoms with van der Waals surface area (Å²) in [4.78, 5) is 11.9. The van der Waals surface area contributed by atoms with E-state index in [0.29, 0.717) is 11.7 Å². The molecule has 122 valence electrons. The third kappa shape index (κ3) is 5.83. The molecule has 1 aromatic heterocycles. The Morgan fingerprint density at radius 1 is 1.26 bits per heavy atom. The highest BCUT2D eigenvalue weighted by Crippen LogP contribution is 2.17. The number of anilines is 1. The summed E-state index contributed by atoms with van der Waals surface area (Å²) >= 11 is 1.43. The predicted octanol–water partition coefficient (Wildman–Crippen LogP) is 3.93. The Bertz CT molecular complexity index is 650. The number of hydrogen-bond donors (Lipinski definition) is 1. The molecule has 0 fully saturated rings. The predicted molar refractivity (Wildman–Crippen MR) is 93.8 cm³/mol. The van der Waals surface area contributed by atoms with Crippen molar-refractivity contribution in [3.8, 4) is 5.75 Å². The van der Waals surface area contributed by atoms with Crippen LogP contribution in [-0.4, -0.2) is 22.7 Å². The van der Waals surface area contributed by atoms with Gasteiger partial charge >= 0.3 is 0 Å². The first-order valence-electron chi connectivity index (χ1n) is 7.75. The van der Waals surface area contributed by atoms with E-state index in [2.05, 4.69) is 22.4 Å². The van der Waals surface area contributed by atoms with Gasteiger partial charge in [0.25, 0.3) is 0 Å². The molecule has 1 aromatic carbocycles. The van der Waals surface area contributed by atoms with E-state index in [4.69, 9.17) is 4.74 Å². The molecule has 23 heavy (non-hydrogen) atoms. The van der Waals surface area contributed by atoms with E-state index in [1.165, 1.54) is 17.4 Å². The van der Waals surface area contributed by atoms with Gasteiger partial charge < -0.3 is 4.74 Å². The molecular formula is C17H21N3O2S. The van der Waals surface area contributed by atoms with Crippen LogP contribution < -0.4 is 10.1 Å². The number of aromatic nitrogens is 2. The number of carbonyl (C=O) groups excluding carboxylic acids is 1. The zero-order chi connectivity index (χ0) is 16.5. The van der Waals surface area contributed by atoms with Crippen molar-refractivity contribution in [2.24, 2.45) is 0 Å². The summed E-state index contributed by atoms with van der Waals surface area (Å²) in [5.41, 5.74) is 0.935. The van der Waals surface area contributed by atoms with Crippen LogP contribution in [0.15, 0.2) is 30.3 Å². The summed E-state index contributed by atoms with van der Waals surface area (Å²) in [7, 11) is 0. The molecule has 5 nitrogen and oxygen atoms in total. The molecule has 0 saturated heterocycles. The van der Waals surface area contributed by atoms with Crippen molar-refractivity contribution in [3.63, 3.8) is 0 Å². The Kier molecular flexibility index (Phi) is 6.75. The first kappa shape index (κ1) is 17.1. The highest BCUT2D eigenvalue weighted by atomic mass is 32.1. The Morgan fingerprint density at radius 3 is 2.74 bits per heavy atom. The number of ether oxygens (including phenoxy) is 1. The quantitative estimate of drug-likeness (QED) is 0.744. The average molecular weight is 331 g/mol. The molecular weight excluding hydrogens is 310 g/mol. The molecule has 6 heteroatoms. The number of nitrogens with zero attached hydrogens (tertiary/aromatic N) is 2. The molecule has 0 radical (unpaired) electrons. The number of rotatable bonds is 8. The Balaban J connectivity index is 1.87. The van der Waals surface area contributed by atoms with Crippen molar-refractivity contribution in [3.05, 3.63) is 40.9 Å². The van der Waals surface area contributed by atoms with Crippen molar-refractivity contribution in [2.75, 3.05) is 11.9 Å². The third-order valence-corrected chi connectivity index (χ3v) is 3.96. The van der Waals surface area contributed by atoms with Gasteiger partial charge in [-0.05, 0) is 37.1 Å². The van der Waals surface area contributed by atoms with Gasteiger partial charge in [-0.25, -0.2) is 0 Å². The van der Waals surface area contributed by atoms with E-state index in [9.17, 15) is 4.79 Å². The summed E-state index contributed by atoms with van der Waals surface area (Å²) in [6.45, 7) is 4.72. The molecule has 2 aromatic rings. The van der Waals surface area contributed by atoms with E-state index in [1.807, 2.05) is 31.2 Å². The number of unbranched alkanes of at least 4 members (excludes halogenated alkanes) is 1. The topological polar surface area (TPSA) is 64.1 Å². The summed E-state index contributed by atoms with van der Waals surface area (Å²) in [5, 5.41) is 12.3. The lowest BCUT2D eigenvalue weighted by Crippen LogP contribution is -2.07. The fourth-order valence-corrected chi connectivity index (χ4v) is 2.68. The number of hydrogen-bond acceptors (Lipinski definition) is 5. The van der Waals surface area contributed by atoms with Crippen LogP contribution in [0.25, 0.3) is 6.08 Å². The molecule has 0 bridgehead atoms. The van der Waals surface area contributed by atoms with Gasteiger partial charge in [0, 0.05) is 12.5 Å². The first-order chi connectivity index (χ1) is 11.2. The van der Waals surface area contributed by atoms with Crippen molar-refractivity contribution in [2.45, 2.75) is 33.1 Å². The summed E-state index contributed by atoms with van der Waals surface area (Å²) in [6, 6.07) is 7.57. The maximum Gasteiger partial charge on any atom is 0.250 e. The van der Waals surface area contributed by atoms with E-state index in [1.54, 1.807) is 6.08 Å². The summed E-state index contributed by atoms with van der Waals surface area (Å²) in [6.07, 6.45) is 6.35. The SMILES string of the molecule is CCCCc1nnc(NC(=O)/C=C/c2ccc(OCC)cc2)s1.